The van der Waals surface area contributed by atoms with Crippen LogP contribution in [0.5, 0.6) is 5.75 Å². The van der Waals surface area contributed by atoms with Gasteiger partial charge in [0.05, 0.1) is 0 Å². The van der Waals surface area contributed by atoms with Gasteiger partial charge in [0.1, 0.15) is 5.75 Å². The highest BCUT2D eigenvalue weighted by Crippen LogP contribution is 2.15. The fraction of sp³-hybridized carbons (Fsp3) is 0.462. The van der Waals surface area contributed by atoms with Crippen molar-refractivity contribution < 1.29 is 9.90 Å². The summed E-state index contributed by atoms with van der Waals surface area (Å²) in [5.74, 6) is 0.295. The zero-order valence-corrected chi connectivity index (χ0v) is 10.3. The molecule has 0 atom stereocenters. The number of likely N-dealkylation sites (tertiary alicyclic amines) is 1. The van der Waals surface area contributed by atoms with E-state index in [4.69, 9.17) is 5.73 Å². The highest BCUT2D eigenvalue weighted by atomic mass is 16.3. The second kappa shape index (κ2) is 5.73. The molecule has 1 saturated heterocycles. The van der Waals surface area contributed by atoms with E-state index in [1.807, 2.05) is 12.1 Å². The normalized spacial score (nSPS) is 17.6. The number of rotatable bonds is 3. The summed E-state index contributed by atoms with van der Waals surface area (Å²) in [7, 11) is 0. The van der Waals surface area contributed by atoms with Crippen LogP contribution in [0.1, 0.15) is 18.4 Å². The summed E-state index contributed by atoms with van der Waals surface area (Å²) in [6, 6.07) is 7.05. The molecule has 0 aliphatic carbocycles. The number of carbonyl (C=O) groups excluding carboxylic acids is 1. The van der Waals surface area contributed by atoms with Crippen molar-refractivity contribution in [3.8, 4) is 5.75 Å². The molecule has 5 nitrogen and oxygen atoms in total. The predicted molar refractivity (Wildman–Crippen MR) is 69.1 cm³/mol. The van der Waals surface area contributed by atoms with Gasteiger partial charge in [0.15, 0.2) is 0 Å². The van der Waals surface area contributed by atoms with Crippen molar-refractivity contribution in [2.45, 2.75) is 25.4 Å². The summed E-state index contributed by atoms with van der Waals surface area (Å²) in [6.07, 6.45) is 1.86. The third kappa shape index (κ3) is 3.63. The monoisotopic (exact) mass is 249 g/mol. The molecule has 2 amide bonds. The standard InChI is InChI=1S/C13H19N3O2/c14-13(18)15-11-5-7-16(8-6-11)9-10-1-3-12(17)4-2-10/h1-4,11,17H,5-9H2,(H3,14,15,18). The number of hydrogen-bond acceptors (Lipinski definition) is 3. The van der Waals surface area contributed by atoms with Crippen molar-refractivity contribution in [2.24, 2.45) is 5.73 Å². The van der Waals surface area contributed by atoms with E-state index in [0.29, 0.717) is 5.75 Å². The Balaban J connectivity index is 1.79. The Labute approximate surface area is 107 Å². The summed E-state index contributed by atoms with van der Waals surface area (Å²) >= 11 is 0. The average molecular weight is 249 g/mol. The maximum Gasteiger partial charge on any atom is 0.312 e. The molecule has 0 unspecified atom stereocenters. The summed E-state index contributed by atoms with van der Waals surface area (Å²) in [5.41, 5.74) is 6.30. The molecular weight excluding hydrogens is 230 g/mol. The maximum atomic E-state index is 10.7. The number of aromatic hydroxyl groups is 1. The average Bonchev–Trinajstić information content (AvgIpc) is 2.34. The van der Waals surface area contributed by atoms with Gasteiger partial charge in [0, 0.05) is 25.7 Å². The second-order valence-electron chi connectivity index (χ2n) is 4.73. The van der Waals surface area contributed by atoms with Crippen LogP contribution in [-0.2, 0) is 6.54 Å². The molecule has 1 aliphatic rings. The molecule has 1 aromatic carbocycles. The van der Waals surface area contributed by atoms with Gasteiger partial charge in [-0.3, -0.25) is 4.90 Å². The first kappa shape index (κ1) is 12.7. The van der Waals surface area contributed by atoms with Gasteiger partial charge in [0.25, 0.3) is 0 Å². The van der Waals surface area contributed by atoms with Gasteiger partial charge in [-0.25, -0.2) is 4.79 Å². The van der Waals surface area contributed by atoms with E-state index in [1.165, 1.54) is 5.56 Å². The second-order valence-corrected chi connectivity index (χ2v) is 4.73. The third-order valence-electron chi connectivity index (χ3n) is 3.28. The minimum Gasteiger partial charge on any atom is -0.508 e. The van der Waals surface area contributed by atoms with Gasteiger partial charge in [-0.15, -0.1) is 0 Å². The molecule has 0 bridgehead atoms. The number of nitrogens with two attached hydrogens (primary N) is 1. The van der Waals surface area contributed by atoms with Gasteiger partial charge in [-0.1, -0.05) is 12.1 Å². The molecule has 5 heteroatoms. The van der Waals surface area contributed by atoms with Crippen molar-refractivity contribution >= 4 is 6.03 Å². The Kier molecular flexibility index (Phi) is 4.04. The van der Waals surface area contributed by atoms with Crippen LogP contribution >= 0.6 is 0 Å². The van der Waals surface area contributed by atoms with Gasteiger partial charge >= 0.3 is 6.03 Å². The summed E-state index contributed by atoms with van der Waals surface area (Å²) in [5, 5.41) is 12.0. The lowest BCUT2D eigenvalue weighted by atomic mass is 10.0. The summed E-state index contributed by atoms with van der Waals surface area (Å²) in [6.45, 7) is 2.78. The number of piperidine rings is 1. The number of benzene rings is 1. The molecule has 0 spiro atoms. The largest absolute Gasteiger partial charge is 0.508 e. The van der Waals surface area contributed by atoms with E-state index >= 15 is 0 Å². The van der Waals surface area contributed by atoms with Crippen LogP contribution in [0.4, 0.5) is 4.79 Å². The van der Waals surface area contributed by atoms with Crippen molar-refractivity contribution in [3.05, 3.63) is 29.8 Å². The van der Waals surface area contributed by atoms with Gasteiger partial charge in [-0.05, 0) is 30.5 Å². The number of primary amides is 1. The van der Waals surface area contributed by atoms with Crippen LogP contribution in [-0.4, -0.2) is 35.2 Å². The Morgan fingerprint density at radius 1 is 1.33 bits per heavy atom. The fourth-order valence-electron chi connectivity index (χ4n) is 2.30. The van der Waals surface area contributed by atoms with E-state index in [0.717, 1.165) is 32.5 Å². The topological polar surface area (TPSA) is 78.6 Å². The minimum absolute atomic E-state index is 0.207. The number of urea groups is 1. The van der Waals surface area contributed by atoms with Crippen molar-refractivity contribution in [2.75, 3.05) is 13.1 Å². The van der Waals surface area contributed by atoms with E-state index in [1.54, 1.807) is 12.1 Å². The molecule has 4 N–H and O–H groups in total. The number of nitrogens with zero attached hydrogens (tertiary/aromatic N) is 1. The molecule has 0 radical (unpaired) electrons. The Morgan fingerprint density at radius 2 is 1.94 bits per heavy atom. The van der Waals surface area contributed by atoms with Crippen LogP contribution in [0, 0.1) is 0 Å². The first-order valence-electron chi connectivity index (χ1n) is 6.20. The van der Waals surface area contributed by atoms with Crippen LogP contribution in [0.3, 0.4) is 0 Å². The lowest BCUT2D eigenvalue weighted by Gasteiger charge is -2.32. The minimum atomic E-state index is -0.438. The Hall–Kier alpha value is -1.75. The number of phenols is 1. The molecule has 1 aromatic rings. The number of nitrogens with one attached hydrogen (secondary N) is 1. The predicted octanol–water partition coefficient (Wildman–Crippen LogP) is 1.02. The first-order chi connectivity index (χ1) is 8.63. The lowest BCUT2D eigenvalue weighted by molar-refractivity contribution is 0.189. The van der Waals surface area contributed by atoms with Gasteiger partial charge in [-0.2, -0.15) is 0 Å². The van der Waals surface area contributed by atoms with Crippen molar-refractivity contribution in [3.63, 3.8) is 0 Å². The highest BCUT2D eigenvalue weighted by molar-refractivity contribution is 5.71. The number of amides is 2. The van der Waals surface area contributed by atoms with Crippen molar-refractivity contribution in [1.82, 2.24) is 10.2 Å². The molecule has 0 saturated carbocycles. The van der Waals surface area contributed by atoms with E-state index < -0.39 is 6.03 Å². The third-order valence-corrected chi connectivity index (χ3v) is 3.28. The molecule has 0 aromatic heterocycles. The summed E-state index contributed by atoms with van der Waals surface area (Å²) < 4.78 is 0. The maximum absolute atomic E-state index is 10.7. The molecule has 2 rings (SSSR count). The van der Waals surface area contributed by atoms with E-state index in [-0.39, 0.29) is 6.04 Å². The fourth-order valence-corrected chi connectivity index (χ4v) is 2.30. The van der Waals surface area contributed by atoms with Gasteiger partial charge in [0.2, 0.25) is 0 Å². The zero-order chi connectivity index (χ0) is 13.0. The molecular formula is C13H19N3O2. The molecule has 1 fully saturated rings. The Bertz CT molecular complexity index is 397. The van der Waals surface area contributed by atoms with Crippen LogP contribution in [0.25, 0.3) is 0 Å². The van der Waals surface area contributed by atoms with Gasteiger partial charge < -0.3 is 16.2 Å². The number of phenolic OH excluding ortho intramolecular Hbond substituents is 1. The molecule has 18 heavy (non-hydrogen) atoms. The SMILES string of the molecule is NC(=O)NC1CCN(Cc2ccc(O)cc2)CC1. The molecule has 98 valence electrons. The lowest BCUT2D eigenvalue weighted by Crippen LogP contribution is -2.46. The first-order valence-corrected chi connectivity index (χ1v) is 6.20. The van der Waals surface area contributed by atoms with E-state index in [2.05, 4.69) is 10.2 Å². The number of hydrogen-bond donors (Lipinski definition) is 3. The molecule has 1 heterocycles. The quantitative estimate of drug-likeness (QED) is 0.748. The van der Waals surface area contributed by atoms with Crippen LogP contribution in [0.15, 0.2) is 24.3 Å². The van der Waals surface area contributed by atoms with Crippen molar-refractivity contribution in [1.29, 1.82) is 0 Å². The number of carbonyl (C=O) groups is 1. The molecule has 1 aliphatic heterocycles. The highest BCUT2D eigenvalue weighted by Gasteiger charge is 2.19. The van der Waals surface area contributed by atoms with Crippen LogP contribution < -0.4 is 11.1 Å². The summed E-state index contributed by atoms with van der Waals surface area (Å²) in [4.78, 5) is 13.1. The van der Waals surface area contributed by atoms with Crippen LogP contribution in [0.2, 0.25) is 0 Å². The zero-order valence-electron chi connectivity index (χ0n) is 10.3. The Morgan fingerprint density at radius 3 is 2.50 bits per heavy atom. The smallest absolute Gasteiger partial charge is 0.312 e. The van der Waals surface area contributed by atoms with E-state index in [9.17, 15) is 9.90 Å².